The molecule has 1 aromatic heterocycles. The number of ether oxygens (including phenoxy) is 2. The Morgan fingerprint density at radius 1 is 1.45 bits per heavy atom. The Labute approximate surface area is 118 Å². The van der Waals surface area contributed by atoms with Gasteiger partial charge >= 0.3 is 11.6 Å². The zero-order valence-electron chi connectivity index (χ0n) is 11.9. The van der Waals surface area contributed by atoms with Crippen molar-refractivity contribution in [2.45, 2.75) is 51.2 Å². The molecule has 1 saturated carbocycles. The third-order valence-corrected chi connectivity index (χ3v) is 3.67. The Morgan fingerprint density at radius 2 is 2.15 bits per heavy atom. The van der Waals surface area contributed by atoms with Crippen LogP contribution in [0, 0.1) is 10.1 Å². The third kappa shape index (κ3) is 3.27. The second kappa shape index (κ2) is 6.69. The monoisotopic (exact) mass is 283 g/mol. The largest absolute Gasteiger partial charge is 0.472 e. The summed E-state index contributed by atoms with van der Waals surface area (Å²) in [7, 11) is 1.72. The predicted octanol–water partition coefficient (Wildman–Crippen LogP) is 2.71. The molecule has 0 atom stereocenters. The first-order valence-electron chi connectivity index (χ1n) is 7.04. The van der Waals surface area contributed by atoms with E-state index in [2.05, 4.69) is 5.10 Å². The van der Waals surface area contributed by atoms with E-state index >= 15 is 0 Å². The van der Waals surface area contributed by atoms with Gasteiger partial charge in [-0.3, -0.25) is 14.8 Å². The van der Waals surface area contributed by atoms with Gasteiger partial charge in [0.25, 0.3) is 0 Å². The average molecular weight is 283 g/mol. The molecular formula is C13H21N3O4. The molecule has 0 radical (unpaired) electrons. The molecule has 1 aromatic rings. The maximum absolute atomic E-state index is 11.0. The number of aromatic nitrogens is 2. The average Bonchev–Trinajstić information content (AvgIpc) is 2.89. The van der Waals surface area contributed by atoms with E-state index in [-0.39, 0.29) is 17.6 Å². The Hall–Kier alpha value is -1.63. The van der Waals surface area contributed by atoms with Gasteiger partial charge in [-0.1, -0.05) is 6.92 Å². The molecule has 1 aliphatic carbocycles. The summed E-state index contributed by atoms with van der Waals surface area (Å²) in [6.45, 7) is 2.39. The number of rotatable bonds is 6. The van der Waals surface area contributed by atoms with E-state index in [1.54, 1.807) is 11.8 Å². The molecule has 2 rings (SSSR count). The first kappa shape index (κ1) is 14.8. The summed E-state index contributed by atoms with van der Waals surface area (Å²) in [4.78, 5) is 10.6. The first-order chi connectivity index (χ1) is 9.65. The molecule has 7 nitrogen and oxygen atoms in total. The van der Waals surface area contributed by atoms with Crippen LogP contribution in [0.3, 0.4) is 0 Å². The van der Waals surface area contributed by atoms with Crippen LogP contribution in [0.25, 0.3) is 0 Å². The van der Waals surface area contributed by atoms with E-state index < -0.39 is 4.92 Å². The second-order valence-electron chi connectivity index (χ2n) is 5.07. The van der Waals surface area contributed by atoms with Crippen LogP contribution in [0.5, 0.6) is 5.88 Å². The van der Waals surface area contributed by atoms with E-state index in [4.69, 9.17) is 9.47 Å². The molecule has 20 heavy (non-hydrogen) atoms. The second-order valence-corrected chi connectivity index (χ2v) is 5.07. The fraction of sp³-hybridized carbons (Fsp3) is 0.769. The van der Waals surface area contributed by atoms with E-state index in [0.717, 1.165) is 32.1 Å². The molecular weight excluding hydrogens is 262 g/mol. The Morgan fingerprint density at radius 3 is 2.70 bits per heavy atom. The van der Waals surface area contributed by atoms with Crippen molar-refractivity contribution < 1.29 is 14.4 Å². The summed E-state index contributed by atoms with van der Waals surface area (Å²) >= 11 is 0. The number of nitrogens with zero attached hydrogens (tertiary/aromatic N) is 3. The summed E-state index contributed by atoms with van der Waals surface area (Å²) in [5.74, 6) is 0.130. The summed E-state index contributed by atoms with van der Waals surface area (Å²) < 4.78 is 12.4. The predicted molar refractivity (Wildman–Crippen MR) is 73.0 cm³/mol. The summed E-state index contributed by atoms with van der Waals surface area (Å²) in [5.41, 5.74) is -0.0488. The topological polar surface area (TPSA) is 79.4 Å². The minimum Gasteiger partial charge on any atom is -0.472 e. The van der Waals surface area contributed by atoms with Crippen molar-refractivity contribution in [2.75, 3.05) is 13.7 Å². The molecule has 0 N–H and O–H groups in total. The highest BCUT2D eigenvalue weighted by Crippen LogP contribution is 2.33. The smallest absolute Gasteiger partial charge is 0.350 e. The number of nitro groups is 1. The van der Waals surface area contributed by atoms with Crippen molar-refractivity contribution in [1.82, 2.24) is 9.78 Å². The van der Waals surface area contributed by atoms with E-state index in [0.29, 0.717) is 12.7 Å². The molecule has 1 aliphatic rings. The highest BCUT2D eigenvalue weighted by Gasteiger charge is 2.27. The molecule has 7 heteroatoms. The normalized spacial score (nSPS) is 22.7. The van der Waals surface area contributed by atoms with Gasteiger partial charge < -0.3 is 9.47 Å². The standard InChI is InChI=1S/C13H21N3O4/c1-3-8-20-13-12(16(17)18)9-15(14-13)10-4-6-11(19-2)7-5-10/h9-11H,3-8H2,1-2H3. The van der Waals surface area contributed by atoms with Gasteiger partial charge in [-0.2, -0.15) is 0 Å². The van der Waals surface area contributed by atoms with E-state index in [9.17, 15) is 10.1 Å². The first-order valence-corrected chi connectivity index (χ1v) is 7.04. The van der Waals surface area contributed by atoms with Crippen molar-refractivity contribution in [1.29, 1.82) is 0 Å². The zero-order valence-corrected chi connectivity index (χ0v) is 11.9. The lowest BCUT2D eigenvalue weighted by molar-refractivity contribution is -0.386. The molecule has 0 amide bonds. The third-order valence-electron chi connectivity index (χ3n) is 3.67. The van der Waals surface area contributed by atoms with Gasteiger partial charge in [-0.25, -0.2) is 0 Å². The van der Waals surface area contributed by atoms with Crippen LogP contribution in [0.1, 0.15) is 45.1 Å². The van der Waals surface area contributed by atoms with E-state index in [1.807, 2.05) is 6.92 Å². The summed E-state index contributed by atoms with van der Waals surface area (Å²) in [5, 5.41) is 15.3. The number of hydrogen-bond donors (Lipinski definition) is 0. The van der Waals surface area contributed by atoms with Crippen LogP contribution in [0.15, 0.2) is 6.20 Å². The lowest BCUT2D eigenvalue weighted by atomic mass is 9.93. The molecule has 1 fully saturated rings. The van der Waals surface area contributed by atoms with Gasteiger partial charge in [0.1, 0.15) is 6.20 Å². The van der Waals surface area contributed by atoms with Crippen LogP contribution in [-0.2, 0) is 4.74 Å². The van der Waals surface area contributed by atoms with Gasteiger partial charge in [-0.05, 0) is 32.1 Å². The van der Waals surface area contributed by atoms with Crippen molar-refractivity contribution in [2.24, 2.45) is 0 Å². The number of methoxy groups -OCH3 is 1. The van der Waals surface area contributed by atoms with Crippen molar-refractivity contribution in [3.63, 3.8) is 0 Å². The maximum Gasteiger partial charge on any atom is 0.350 e. The van der Waals surface area contributed by atoms with Crippen LogP contribution in [-0.4, -0.2) is 34.5 Å². The molecule has 0 spiro atoms. The molecule has 0 aromatic carbocycles. The minimum absolute atomic E-state index is 0.0488. The lowest BCUT2D eigenvalue weighted by Crippen LogP contribution is -2.23. The van der Waals surface area contributed by atoms with Gasteiger partial charge in [-0.15, -0.1) is 5.10 Å². The summed E-state index contributed by atoms with van der Waals surface area (Å²) in [6, 6.07) is 0.194. The van der Waals surface area contributed by atoms with Crippen molar-refractivity contribution in [3.8, 4) is 5.88 Å². The molecule has 0 unspecified atom stereocenters. The van der Waals surface area contributed by atoms with Gasteiger partial charge in [0, 0.05) is 7.11 Å². The van der Waals surface area contributed by atoms with Crippen molar-refractivity contribution in [3.05, 3.63) is 16.3 Å². The van der Waals surface area contributed by atoms with E-state index in [1.165, 1.54) is 6.20 Å². The van der Waals surface area contributed by atoms with Crippen molar-refractivity contribution >= 4 is 5.69 Å². The zero-order chi connectivity index (χ0) is 14.5. The molecule has 0 saturated heterocycles. The van der Waals surface area contributed by atoms with Gasteiger partial charge in [0.2, 0.25) is 0 Å². The van der Waals surface area contributed by atoms with Crippen LogP contribution in [0.4, 0.5) is 5.69 Å². The minimum atomic E-state index is -0.435. The van der Waals surface area contributed by atoms with Crippen LogP contribution >= 0.6 is 0 Å². The van der Waals surface area contributed by atoms with Crippen LogP contribution in [0.2, 0.25) is 0 Å². The Kier molecular flexibility index (Phi) is 4.94. The Bertz CT molecular complexity index is 452. The molecule has 112 valence electrons. The SMILES string of the molecule is CCCOc1nn(C2CCC(OC)CC2)cc1[N+](=O)[O-]. The fourth-order valence-electron chi connectivity index (χ4n) is 2.52. The maximum atomic E-state index is 11.0. The van der Waals surface area contributed by atoms with Gasteiger partial charge in [0.05, 0.1) is 23.7 Å². The Balaban J connectivity index is 2.10. The lowest BCUT2D eigenvalue weighted by Gasteiger charge is -2.27. The highest BCUT2D eigenvalue weighted by molar-refractivity contribution is 5.38. The summed E-state index contributed by atoms with van der Waals surface area (Å²) in [6.07, 6.45) is 6.34. The molecule has 0 bridgehead atoms. The quantitative estimate of drug-likeness (QED) is 0.592. The number of hydrogen-bond acceptors (Lipinski definition) is 5. The molecule has 1 heterocycles. The van der Waals surface area contributed by atoms with Crippen LogP contribution < -0.4 is 4.74 Å². The highest BCUT2D eigenvalue weighted by atomic mass is 16.6. The fourth-order valence-corrected chi connectivity index (χ4v) is 2.52. The van der Waals surface area contributed by atoms with Gasteiger partial charge in [0.15, 0.2) is 0 Å². The molecule has 0 aliphatic heterocycles.